The van der Waals surface area contributed by atoms with Gasteiger partial charge in [0, 0.05) is 37.7 Å². The first-order valence-electron chi connectivity index (χ1n) is 10.5. The minimum Gasteiger partial charge on any atom is -0.390 e. The van der Waals surface area contributed by atoms with Crippen molar-refractivity contribution < 1.29 is 14.6 Å². The van der Waals surface area contributed by atoms with Gasteiger partial charge in [0.05, 0.1) is 19.3 Å². The lowest BCUT2D eigenvalue weighted by atomic mass is 9.95. The van der Waals surface area contributed by atoms with Crippen LogP contribution in [-0.2, 0) is 24.1 Å². The molecule has 0 saturated carbocycles. The Balaban J connectivity index is 1.28. The fourth-order valence-corrected chi connectivity index (χ4v) is 4.15. The summed E-state index contributed by atoms with van der Waals surface area (Å²) in [7, 11) is 0. The molecule has 2 aliphatic rings. The van der Waals surface area contributed by atoms with Crippen LogP contribution < -0.4 is 5.32 Å². The van der Waals surface area contributed by atoms with Gasteiger partial charge >= 0.3 is 0 Å². The van der Waals surface area contributed by atoms with Crippen molar-refractivity contribution in [2.24, 2.45) is 5.92 Å². The molecule has 2 aliphatic heterocycles. The van der Waals surface area contributed by atoms with E-state index < -0.39 is 6.10 Å². The smallest absolute Gasteiger partial charge is 0.251 e. The number of aliphatic hydroxyl groups excluding tert-OH is 1. The maximum Gasteiger partial charge on any atom is 0.251 e. The number of aliphatic hydroxyl groups is 1. The topological polar surface area (TPSA) is 61.8 Å². The average molecular weight is 395 g/mol. The van der Waals surface area contributed by atoms with Gasteiger partial charge in [-0.1, -0.05) is 36.4 Å². The summed E-state index contributed by atoms with van der Waals surface area (Å²) >= 11 is 0. The molecule has 0 spiro atoms. The van der Waals surface area contributed by atoms with Crippen LogP contribution in [0.25, 0.3) is 0 Å². The first-order valence-corrected chi connectivity index (χ1v) is 10.5. The summed E-state index contributed by atoms with van der Waals surface area (Å²) in [6.45, 7) is 6.19. The number of hydrogen-bond donors (Lipinski definition) is 2. The lowest BCUT2D eigenvalue weighted by Crippen LogP contribution is -2.42. The summed E-state index contributed by atoms with van der Waals surface area (Å²) in [4.78, 5) is 14.9. The second kappa shape index (κ2) is 9.08. The van der Waals surface area contributed by atoms with E-state index in [-0.39, 0.29) is 12.5 Å². The van der Waals surface area contributed by atoms with E-state index in [4.69, 9.17) is 4.74 Å². The molecule has 2 aromatic carbocycles. The monoisotopic (exact) mass is 394 g/mol. The van der Waals surface area contributed by atoms with E-state index in [1.54, 1.807) is 0 Å². The van der Waals surface area contributed by atoms with Gasteiger partial charge in [0.25, 0.3) is 5.91 Å². The minimum atomic E-state index is -0.583. The number of rotatable bonds is 7. The van der Waals surface area contributed by atoms with Crippen LogP contribution in [-0.4, -0.2) is 54.9 Å². The normalized spacial score (nSPS) is 18.0. The fourth-order valence-electron chi connectivity index (χ4n) is 4.15. The fraction of sp³-hybridized carbons (Fsp3) is 0.458. The molecular formula is C24H30N2O3. The molecule has 1 amide bonds. The molecule has 154 valence electrons. The zero-order chi connectivity index (χ0) is 20.2. The molecule has 2 N–H and O–H groups in total. The zero-order valence-corrected chi connectivity index (χ0v) is 17.1. The van der Waals surface area contributed by atoms with E-state index >= 15 is 0 Å². The lowest BCUT2D eigenvalue weighted by molar-refractivity contribution is -0.0312. The largest absolute Gasteiger partial charge is 0.390 e. The first kappa shape index (κ1) is 20.1. The van der Waals surface area contributed by atoms with Crippen molar-refractivity contribution in [1.29, 1.82) is 0 Å². The van der Waals surface area contributed by atoms with Crippen LogP contribution in [0, 0.1) is 12.8 Å². The second-order valence-electron chi connectivity index (χ2n) is 8.37. The molecule has 1 saturated heterocycles. The lowest BCUT2D eigenvalue weighted by Gasteiger charge is -2.30. The molecule has 2 aromatic rings. The van der Waals surface area contributed by atoms with Gasteiger partial charge in [-0.15, -0.1) is 0 Å². The van der Waals surface area contributed by atoms with Gasteiger partial charge in [-0.2, -0.15) is 0 Å². The number of aryl methyl sites for hydroxylation is 1. The molecule has 1 atom stereocenters. The van der Waals surface area contributed by atoms with E-state index in [2.05, 4.69) is 40.5 Å². The highest BCUT2D eigenvalue weighted by Gasteiger charge is 2.21. The van der Waals surface area contributed by atoms with E-state index in [9.17, 15) is 9.90 Å². The summed E-state index contributed by atoms with van der Waals surface area (Å²) in [5.41, 5.74) is 5.55. The van der Waals surface area contributed by atoms with Crippen LogP contribution in [0.15, 0.2) is 42.5 Å². The quantitative estimate of drug-likeness (QED) is 0.757. The van der Waals surface area contributed by atoms with Crippen molar-refractivity contribution in [2.75, 3.05) is 32.8 Å². The van der Waals surface area contributed by atoms with Gasteiger partial charge in [0.2, 0.25) is 0 Å². The third-order valence-electron chi connectivity index (χ3n) is 5.95. The number of hydrogen-bond acceptors (Lipinski definition) is 4. The van der Waals surface area contributed by atoms with Crippen LogP contribution in [0.5, 0.6) is 0 Å². The number of fused-ring (bicyclic) bond motifs is 1. The number of nitrogens with one attached hydrogen (secondary N) is 1. The Hall–Kier alpha value is -2.21. The highest BCUT2D eigenvalue weighted by atomic mass is 16.5. The maximum atomic E-state index is 12.7. The van der Waals surface area contributed by atoms with E-state index in [1.165, 1.54) is 16.7 Å². The van der Waals surface area contributed by atoms with Gasteiger partial charge in [-0.05, 0) is 48.1 Å². The standard InChI is InChI=1S/C24H30N2O3/c1-17-6-7-18(10-19-15-29-16-19)11-23(17)24(28)25-12-22(27)14-26-9-8-20-4-2-3-5-21(20)13-26/h2-7,11,19,22,27H,8-10,12-16H2,1H3,(H,25,28). The van der Waals surface area contributed by atoms with Crippen LogP contribution in [0.2, 0.25) is 0 Å². The Labute approximate surface area is 172 Å². The molecule has 0 aliphatic carbocycles. The molecule has 0 radical (unpaired) electrons. The Kier molecular flexibility index (Phi) is 6.28. The summed E-state index contributed by atoms with van der Waals surface area (Å²) < 4.78 is 5.24. The van der Waals surface area contributed by atoms with Crippen LogP contribution in [0.4, 0.5) is 0 Å². The van der Waals surface area contributed by atoms with Crippen molar-refractivity contribution >= 4 is 5.91 Å². The maximum absolute atomic E-state index is 12.7. The predicted molar refractivity (Wildman–Crippen MR) is 113 cm³/mol. The molecular weight excluding hydrogens is 364 g/mol. The van der Waals surface area contributed by atoms with Crippen LogP contribution >= 0.6 is 0 Å². The summed E-state index contributed by atoms with van der Waals surface area (Å²) in [5, 5.41) is 13.4. The van der Waals surface area contributed by atoms with Crippen LogP contribution in [0.3, 0.4) is 0 Å². The van der Waals surface area contributed by atoms with Gasteiger partial charge in [0.15, 0.2) is 0 Å². The molecule has 5 nitrogen and oxygen atoms in total. The number of amides is 1. The summed E-state index contributed by atoms with van der Waals surface area (Å²) in [6.07, 6.45) is 1.37. The molecule has 5 heteroatoms. The van der Waals surface area contributed by atoms with Crippen molar-refractivity contribution in [3.8, 4) is 0 Å². The number of carbonyl (C=O) groups excluding carboxylic acids is 1. The van der Waals surface area contributed by atoms with Crippen LogP contribution in [0.1, 0.15) is 32.6 Å². The number of carbonyl (C=O) groups is 1. The Bertz CT molecular complexity index is 863. The third kappa shape index (κ3) is 5.04. The van der Waals surface area contributed by atoms with Crippen molar-refractivity contribution in [2.45, 2.75) is 32.4 Å². The molecule has 0 bridgehead atoms. The number of nitrogens with zero attached hydrogens (tertiary/aromatic N) is 1. The highest BCUT2D eigenvalue weighted by molar-refractivity contribution is 5.95. The Morgan fingerprint density at radius 2 is 2.03 bits per heavy atom. The van der Waals surface area contributed by atoms with Crippen molar-refractivity contribution in [3.63, 3.8) is 0 Å². The third-order valence-corrected chi connectivity index (χ3v) is 5.95. The first-order chi connectivity index (χ1) is 14.1. The summed E-state index contributed by atoms with van der Waals surface area (Å²) in [5.74, 6) is 0.447. The molecule has 4 rings (SSSR count). The van der Waals surface area contributed by atoms with Gasteiger partial charge < -0.3 is 15.2 Å². The number of β-amino-alcohol motifs (C(OH)–C–C–N with tert-alkyl or cyclic N) is 1. The minimum absolute atomic E-state index is 0.114. The number of ether oxygens (including phenoxy) is 1. The molecule has 2 heterocycles. The van der Waals surface area contributed by atoms with Crippen molar-refractivity contribution in [3.05, 3.63) is 70.3 Å². The molecule has 1 unspecified atom stereocenters. The van der Waals surface area contributed by atoms with E-state index in [0.29, 0.717) is 18.0 Å². The summed E-state index contributed by atoms with van der Waals surface area (Å²) in [6, 6.07) is 14.6. The van der Waals surface area contributed by atoms with Gasteiger partial charge in [-0.3, -0.25) is 9.69 Å². The van der Waals surface area contributed by atoms with E-state index in [1.807, 2.05) is 19.1 Å². The van der Waals surface area contributed by atoms with Gasteiger partial charge in [0.1, 0.15) is 0 Å². The van der Waals surface area contributed by atoms with E-state index in [0.717, 1.165) is 44.7 Å². The van der Waals surface area contributed by atoms with Gasteiger partial charge in [-0.25, -0.2) is 0 Å². The van der Waals surface area contributed by atoms with Crippen molar-refractivity contribution in [1.82, 2.24) is 10.2 Å². The molecule has 1 fully saturated rings. The SMILES string of the molecule is Cc1ccc(CC2COC2)cc1C(=O)NCC(O)CN1CCc2ccccc2C1. The predicted octanol–water partition coefficient (Wildman–Crippen LogP) is 2.33. The molecule has 29 heavy (non-hydrogen) atoms. The molecule has 0 aromatic heterocycles. The average Bonchev–Trinajstić information content (AvgIpc) is 2.70. The zero-order valence-electron chi connectivity index (χ0n) is 17.1. The Morgan fingerprint density at radius 1 is 1.24 bits per heavy atom. The second-order valence-corrected chi connectivity index (χ2v) is 8.37. The number of benzene rings is 2. The highest BCUT2D eigenvalue weighted by Crippen LogP contribution is 2.20. The Morgan fingerprint density at radius 3 is 2.79 bits per heavy atom.